The highest BCUT2D eigenvalue weighted by Crippen LogP contribution is 2.41. The summed E-state index contributed by atoms with van der Waals surface area (Å²) in [6.07, 6.45) is 8.25. The van der Waals surface area contributed by atoms with Gasteiger partial charge in [0.1, 0.15) is 12.1 Å². The Balaban J connectivity index is 1.46. The number of aliphatic carboxylic acids is 1. The molecule has 1 aromatic carbocycles. The number of carboxylic acids is 1. The largest absolute Gasteiger partial charge is 0.479 e. The lowest BCUT2D eigenvalue weighted by Crippen LogP contribution is -2.60. The zero-order chi connectivity index (χ0) is 37.8. The van der Waals surface area contributed by atoms with Gasteiger partial charge in [-0.3, -0.25) is 24.0 Å². The van der Waals surface area contributed by atoms with Crippen LogP contribution in [0.15, 0.2) is 30.3 Å². The number of amides is 5. The first-order valence-corrected chi connectivity index (χ1v) is 18.9. The third-order valence-corrected chi connectivity index (χ3v) is 10.4. The van der Waals surface area contributed by atoms with Crippen molar-refractivity contribution < 1.29 is 43.4 Å². The van der Waals surface area contributed by atoms with Crippen LogP contribution in [0.5, 0.6) is 0 Å². The summed E-state index contributed by atoms with van der Waals surface area (Å²) in [5.41, 5.74) is 0.336. The molecule has 2 saturated carbocycles. The number of nitrogens with zero attached hydrogens (tertiary/aromatic N) is 1. The summed E-state index contributed by atoms with van der Waals surface area (Å²) in [5.74, 6) is -4.93. The lowest BCUT2D eigenvalue weighted by Gasteiger charge is -2.39. The molecule has 0 bridgehead atoms. The van der Waals surface area contributed by atoms with Crippen molar-refractivity contribution in [3.05, 3.63) is 35.9 Å². The number of nitrogens with one attached hydrogen (secondary N) is 4. The molecule has 5 N–H and O–H groups in total. The molecule has 6 atom stereocenters. The number of ether oxygens (including phenoxy) is 1. The van der Waals surface area contributed by atoms with Crippen LogP contribution in [0.3, 0.4) is 0 Å². The molecule has 0 aromatic heterocycles. The van der Waals surface area contributed by atoms with Crippen LogP contribution in [-0.4, -0.2) is 88.8 Å². The van der Waals surface area contributed by atoms with Gasteiger partial charge in [-0.2, -0.15) is 0 Å². The quantitative estimate of drug-likeness (QED) is 0.159. The Hall–Kier alpha value is -4.49. The van der Waals surface area contributed by atoms with Crippen molar-refractivity contribution in [3.8, 4) is 0 Å². The molecule has 0 radical (unpaired) electrons. The number of likely N-dealkylation sites (tertiary alicyclic amines) is 1. The Morgan fingerprint density at radius 3 is 2.21 bits per heavy atom. The smallest absolute Gasteiger partial charge is 0.407 e. The van der Waals surface area contributed by atoms with E-state index >= 15 is 0 Å². The summed E-state index contributed by atoms with van der Waals surface area (Å²) >= 11 is 0. The second kappa shape index (κ2) is 19.4. The van der Waals surface area contributed by atoms with E-state index in [9.17, 15) is 38.7 Å². The zero-order valence-corrected chi connectivity index (χ0v) is 30.6. The topological polar surface area (TPSA) is 200 Å². The predicted molar refractivity (Wildman–Crippen MR) is 190 cm³/mol. The highest BCUT2D eigenvalue weighted by molar-refractivity contribution is 6.38. The molecule has 3 fully saturated rings. The van der Waals surface area contributed by atoms with Crippen molar-refractivity contribution in [2.75, 3.05) is 13.2 Å². The molecule has 0 spiro atoms. The van der Waals surface area contributed by atoms with Gasteiger partial charge in [-0.1, -0.05) is 89.6 Å². The van der Waals surface area contributed by atoms with E-state index in [1.807, 2.05) is 13.8 Å². The van der Waals surface area contributed by atoms with Gasteiger partial charge in [0.25, 0.3) is 5.91 Å². The lowest BCUT2D eigenvalue weighted by molar-refractivity contribution is -0.145. The molecule has 1 saturated heterocycles. The molecule has 14 heteroatoms. The molecule has 1 heterocycles. The first kappa shape index (κ1) is 40.3. The van der Waals surface area contributed by atoms with Gasteiger partial charge in [0.15, 0.2) is 6.04 Å². The van der Waals surface area contributed by atoms with Crippen LogP contribution in [-0.2, 0) is 33.5 Å². The van der Waals surface area contributed by atoms with Crippen LogP contribution in [0.1, 0.15) is 109 Å². The maximum Gasteiger partial charge on any atom is 0.407 e. The second-order valence-electron chi connectivity index (χ2n) is 14.8. The van der Waals surface area contributed by atoms with Crippen LogP contribution in [0.25, 0.3) is 0 Å². The van der Waals surface area contributed by atoms with Crippen LogP contribution in [0.4, 0.5) is 4.79 Å². The van der Waals surface area contributed by atoms with Crippen molar-refractivity contribution in [3.63, 3.8) is 0 Å². The minimum absolute atomic E-state index is 0.0843. The van der Waals surface area contributed by atoms with E-state index in [0.717, 1.165) is 57.8 Å². The standard InChI is InChI=1S/C38H55N5O9/c1-4-13-27(33(45)35(47)39-21-30(44)41-32(37(49)50)25-16-9-6-10-17-25)40-34(46)29-20-26-18-11-12-19-28(26)43(29)36(48)31(24-14-7-5-8-15-24)42-38(51)52-22-23(2)3/h6,9-10,16-17,23-24,26-29,31-32H,4-5,7-8,11-15,18-22H2,1-3H3,(H,39,47)(H,40,46)(H,41,44)(H,42,51)(H,49,50)/t26?,27?,28?,29-,31-,32-/m0/s1. The second-order valence-corrected chi connectivity index (χ2v) is 14.8. The fourth-order valence-electron chi connectivity index (χ4n) is 7.81. The summed E-state index contributed by atoms with van der Waals surface area (Å²) in [4.78, 5) is 93.9. The fraction of sp³-hybridized carbons (Fsp3) is 0.658. The molecular weight excluding hydrogens is 670 g/mol. The summed E-state index contributed by atoms with van der Waals surface area (Å²) in [6.45, 7) is 5.20. The number of hydrogen-bond acceptors (Lipinski definition) is 8. The molecule has 1 aromatic rings. The van der Waals surface area contributed by atoms with Gasteiger partial charge in [-0.05, 0) is 61.8 Å². The summed E-state index contributed by atoms with van der Waals surface area (Å²) in [7, 11) is 0. The van der Waals surface area contributed by atoms with E-state index in [2.05, 4.69) is 21.3 Å². The molecule has 1 aliphatic heterocycles. The average molecular weight is 726 g/mol. The molecule has 52 heavy (non-hydrogen) atoms. The Labute approximate surface area is 305 Å². The van der Waals surface area contributed by atoms with Gasteiger partial charge >= 0.3 is 12.1 Å². The Kier molecular flexibility index (Phi) is 15.0. The fourth-order valence-corrected chi connectivity index (χ4v) is 7.81. The van der Waals surface area contributed by atoms with Gasteiger partial charge in [-0.15, -0.1) is 0 Å². The highest BCUT2D eigenvalue weighted by atomic mass is 16.5. The third-order valence-electron chi connectivity index (χ3n) is 10.4. The van der Waals surface area contributed by atoms with Crippen molar-refractivity contribution in [1.29, 1.82) is 0 Å². The summed E-state index contributed by atoms with van der Waals surface area (Å²) in [5, 5.41) is 19.8. The summed E-state index contributed by atoms with van der Waals surface area (Å²) < 4.78 is 5.40. The van der Waals surface area contributed by atoms with E-state index in [1.54, 1.807) is 42.2 Å². The number of rotatable bonds is 16. The first-order valence-electron chi connectivity index (χ1n) is 18.9. The number of hydrogen-bond donors (Lipinski definition) is 5. The van der Waals surface area contributed by atoms with Gasteiger partial charge in [0.2, 0.25) is 23.5 Å². The van der Waals surface area contributed by atoms with E-state index in [0.29, 0.717) is 18.4 Å². The van der Waals surface area contributed by atoms with Crippen molar-refractivity contribution in [2.24, 2.45) is 17.8 Å². The summed E-state index contributed by atoms with van der Waals surface area (Å²) in [6, 6.07) is 3.54. The number of carbonyl (C=O) groups excluding carboxylic acids is 6. The monoisotopic (exact) mass is 725 g/mol. The molecule has 2 aliphatic carbocycles. The molecule has 4 rings (SSSR count). The predicted octanol–water partition coefficient (Wildman–Crippen LogP) is 3.39. The number of alkyl carbamates (subject to hydrolysis) is 1. The van der Waals surface area contributed by atoms with Crippen LogP contribution < -0.4 is 21.3 Å². The SMILES string of the molecule is CCCC(NC(=O)[C@@H]1CC2CCCCC2N1C(=O)[C@@H](NC(=O)OCC(C)C)C1CCCCC1)C(=O)C(=O)NCC(=O)N[C@H](C(=O)O)c1ccccc1. The molecule has 14 nitrogen and oxygen atoms in total. The third kappa shape index (κ3) is 10.8. The maximum absolute atomic E-state index is 14.6. The van der Waals surface area contributed by atoms with Crippen LogP contribution in [0.2, 0.25) is 0 Å². The Bertz CT molecular complexity index is 1430. The normalized spacial score (nSPS) is 21.9. The lowest BCUT2D eigenvalue weighted by atomic mass is 9.82. The van der Waals surface area contributed by atoms with Crippen LogP contribution in [0, 0.1) is 17.8 Å². The number of fused-ring (bicyclic) bond motifs is 1. The van der Waals surface area contributed by atoms with E-state index < -0.39 is 66.3 Å². The number of ketones is 1. The van der Waals surface area contributed by atoms with E-state index in [1.165, 1.54) is 0 Å². The molecule has 286 valence electrons. The maximum atomic E-state index is 14.6. The number of Topliss-reactive ketones (excluding diaryl/α,β-unsaturated/α-hetero) is 1. The number of benzene rings is 1. The Morgan fingerprint density at radius 2 is 1.56 bits per heavy atom. The van der Waals surface area contributed by atoms with Crippen LogP contribution >= 0.6 is 0 Å². The van der Waals surface area contributed by atoms with Gasteiger partial charge in [-0.25, -0.2) is 9.59 Å². The van der Waals surface area contributed by atoms with E-state index in [-0.39, 0.29) is 42.7 Å². The van der Waals surface area contributed by atoms with Crippen molar-refractivity contribution >= 4 is 41.5 Å². The van der Waals surface area contributed by atoms with Crippen molar-refractivity contribution in [2.45, 2.75) is 128 Å². The number of carbonyl (C=O) groups is 7. The first-order chi connectivity index (χ1) is 24.9. The highest BCUT2D eigenvalue weighted by Gasteiger charge is 2.50. The molecule has 3 unspecified atom stereocenters. The zero-order valence-electron chi connectivity index (χ0n) is 30.6. The molecule has 3 aliphatic rings. The molecular formula is C38H55N5O9. The minimum Gasteiger partial charge on any atom is -0.479 e. The van der Waals surface area contributed by atoms with Crippen molar-refractivity contribution in [1.82, 2.24) is 26.2 Å². The van der Waals surface area contributed by atoms with E-state index in [4.69, 9.17) is 4.74 Å². The Morgan fingerprint density at radius 1 is 0.885 bits per heavy atom. The minimum atomic E-state index is -1.35. The van der Waals surface area contributed by atoms with Gasteiger partial charge in [0, 0.05) is 6.04 Å². The average Bonchev–Trinajstić information content (AvgIpc) is 3.54. The number of carboxylic acid groups (broad SMARTS) is 1. The van der Waals surface area contributed by atoms with Gasteiger partial charge in [0.05, 0.1) is 19.2 Å². The molecule has 5 amide bonds. The van der Waals surface area contributed by atoms with Gasteiger partial charge < -0.3 is 36.0 Å².